The van der Waals surface area contributed by atoms with Crippen molar-refractivity contribution in [2.24, 2.45) is 0 Å². The first kappa shape index (κ1) is 15.3. The van der Waals surface area contributed by atoms with Gasteiger partial charge in [-0.25, -0.2) is 0 Å². The van der Waals surface area contributed by atoms with Gasteiger partial charge in [-0.3, -0.25) is 0 Å². The molecule has 0 aromatic carbocycles. The Kier molecular flexibility index (Phi) is 20.9. The fourth-order valence-electron chi connectivity index (χ4n) is 1.03. The first-order valence-electron chi connectivity index (χ1n) is 5.64. The highest BCUT2D eigenvalue weighted by atomic mass is 13.9. The van der Waals surface area contributed by atoms with E-state index < -0.39 is 0 Å². The van der Waals surface area contributed by atoms with Crippen molar-refractivity contribution in [3.8, 4) is 0 Å². The quantitative estimate of drug-likeness (QED) is 0.307. The fraction of sp³-hybridized carbons (Fsp3) is 0.833. The van der Waals surface area contributed by atoms with Crippen LogP contribution in [0.2, 0.25) is 6.32 Å². The molecule has 0 fully saturated rings. The first-order valence-corrected chi connectivity index (χ1v) is 5.64. The molecule has 1 heteroatoms. The molecule has 0 atom stereocenters. The van der Waals surface area contributed by atoms with Crippen LogP contribution in [-0.2, 0) is 0 Å². The van der Waals surface area contributed by atoms with Crippen molar-refractivity contribution in [1.29, 1.82) is 0 Å². The molecular formula is C12H25B. The average Bonchev–Trinajstić information content (AvgIpc) is 2.18. The Hall–Kier alpha value is -0.195. The van der Waals surface area contributed by atoms with Gasteiger partial charge in [0.2, 0.25) is 0 Å². The maximum atomic E-state index is 4.91. The normalized spacial score (nSPS) is 8.77. The van der Waals surface area contributed by atoms with E-state index in [1.54, 1.807) is 6.08 Å². The summed E-state index contributed by atoms with van der Waals surface area (Å²) >= 11 is 0. The zero-order valence-corrected chi connectivity index (χ0v) is 9.52. The molecule has 0 amide bonds. The standard InChI is InChI=1S/C9H20.C3H5B/c1-3-5-7-9-8-6-4-2;1-2-3-4/h3-9H2,1-2H3;2H,1,3H2. The van der Waals surface area contributed by atoms with Gasteiger partial charge in [-0.15, -0.1) is 12.7 Å². The molecule has 0 rings (SSSR count). The molecule has 0 aromatic rings. The van der Waals surface area contributed by atoms with Crippen LogP contribution in [0.3, 0.4) is 0 Å². The molecule has 0 heterocycles. The molecule has 0 aliphatic rings. The minimum atomic E-state index is 0.583. The molecule has 0 N–H and O–H groups in total. The van der Waals surface area contributed by atoms with Gasteiger partial charge in [0.05, 0.1) is 7.85 Å². The van der Waals surface area contributed by atoms with Gasteiger partial charge in [0.15, 0.2) is 0 Å². The Bertz CT molecular complexity index is 73.2. The third-order valence-electron chi connectivity index (χ3n) is 1.87. The molecule has 76 valence electrons. The van der Waals surface area contributed by atoms with Gasteiger partial charge in [0.25, 0.3) is 0 Å². The van der Waals surface area contributed by atoms with Gasteiger partial charge in [-0.1, -0.05) is 65.1 Å². The third kappa shape index (κ3) is 24.5. The van der Waals surface area contributed by atoms with Gasteiger partial charge in [-0.05, 0) is 0 Å². The van der Waals surface area contributed by atoms with Gasteiger partial charge in [0, 0.05) is 0 Å². The molecule has 0 unspecified atom stereocenters. The van der Waals surface area contributed by atoms with E-state index in [1.165, 1.54) is 44.9 Å². The SMILES string of the molecule is CCCCCCCCC.[B]CC=C. The Morgan fingerprint density at radius 2 is 1.23 bits per heavy atom. The number of rotatable bonds is 7. The second kappa shape index (κ2) is 17.8. The van der Waals surface area contributed by atoms with Crippen LogP contribution in [0.5, 0.6) is 0 Å². The predicted molar refractivity (Wildman–Crippen MR) is 64.4 cm³/mol. The monoisotopic (exact) mass is 180 g/mol. The minimum Gasteiger partial charge on any atom is -0.104 e. The lowest BCUT2D eigenvalue weighted by Crippen LogP contribution is -1.76. The summed E-state index contributed by atoms with van der Waals surface area (Å²) in [6.45, 7) is 7.88. The summed E-state index contributed by atoms with van der Waals surface area (Å²) in [6, 6.07) is 0. The number of hydrogen-bond acceptors (Lipinski definition) is 0. The summed E-state index contributed by atoms with van der Waals surface area (Å²) in [7, 11) is 4.91. The average molecular weight is 180 g/mol. The maximum absolute atomic E-state index is 4.91. The summed E-state index contributed by atoms with van der Waals surface area (Å²) in [5.41, 5.74) is 0. The lowest BCUT2D eigenvalue weighted by atomic mass is 10.1. The molecular weight excluding hydrogens is 155 g/mol. The molecule has 0 nitrogen and oxygen atoms in total. The van der Waals surface area contributed by atoms with Crippen molar-refractivity contribution in [3.63, 3.8) is 0 Å². The van der Waals surface area contributed by atoms with Crippen LogP contribution in [-0.4, -0.2) is 7.85 Å². The highest BCUT2D eigenvalue weighted by Crippen LogP contribution is 2.05. The van der Waals surface area contributed by atoms with Gasteiger partial charge < -0.3 is 0 Å². The van der Waals surface area contributed by atoms with E-state index in [9.17, 15) is 0 Å². The van der Waals surface area contributed by atoms with Crippen LogP contribution in [0.25, 0.3) is 0 Å². The summed E-state index contributed by atoms with van der Waals surface area (Å²) in [5.74, 6) is 0. The molecule has 0 aliphatic heterocycles. The Morgan fingerprint density at radius 1 is 0.923 bits per heavy atom. The molecule has 0 aromatic heterocycles. The number of allylic oxidation sites excluding steroid dienone is 1. The van der Waals surface area contributed by atoms with Crippen molar-refractivity contribution < 1.29 is 0 Å². The fourth-order valence-corrected chi connectivity index (χ4v) is 1.03. The zero-order chi connectivity index (χ0) is 10.4. The van der Waals surface area contributed by atoms with Gasteiger partial charge >= 0.3 is 0 Å². The third-order valence-corrected chi connectivity index (χ3v) is 1.87. The van der Waals surface area contributed by atoms with E-state index >= 15 is 0 Å². The van der Waals surface area contributed by atoms with Crippen molar-refractivity contribution in [2.45, 2.75) is 65.1 Å². The van der Waals surface area contributed by atoms with Crippen LogP contribution in [0, 0.1) is 0 Å². The molecule has 0 aliphatic carbocycles. The molecule has 0 bridgehead atoms. The molecule has 0 saturated carbocycles. The van der Waals surface area contributed by atoms with Crippen molar-refractivity contribution >= 4 is 7.85 Å². The Labute approximate surface area is 86.2 Å². The topological polar surface area (TPSA) is 0 Å². The number of hydrogen-bond donors (Lipinski definition) is 0. The van der Waals surface area contributed by atoms with Crippen LogP contribution < -0.4 is 0 Å². The first-order chi connectivity index (χ1) is 6.33. The lowest BCUT2D eigenvalue weighted by Gasteiger charge is -1.96. The summed E-state index contributed by atoms with van der Waals surface area (Å²) in [4.78, 5) is 0. The van der Waals surface area contributed by atoms with Crippen LogP contribution >= 0.6 is 0 Å². The second-order valence-electron chi connectivity index (χ2n) is 3.29. The van der Waals surface area contributed by atoms with E-state index in [4.69, 9.17) is 7.85 Å². The van der Waals surface area contributed by atoms with Crippen molar-refractivity contribution in [3.05, 3.63) is 12.7 Å². The highest BCUT2D eigenvalue weighted by Gasteiger charge is 1.85. The van der Waals surface area contributed by atoms with E-state index in [-0.39, 0.29) is 0 Å². The van der Waals surface area contributed by atoms with Crippen LogP contribution in [0.4, 0.5) is 0 Å². The van der Waals surface area contributed by atoms with Crippen molar-refractivity contribution in [2.75, 3.05) is 0 Å². The van der Waals surface area contributed by atoms with Gasteiger partial charge in [0.1, 0.15) is 0 Å². The smallest absolute Gasteiger partial charge is 0.0708 e. The zero-order valence-electron chi connectivity index (χ0n) is 9.52. The van der Waals surface area contributed by atoms with E-state index in [0.29, 0.717) is 6.32 Å². The van der Waals surface area contributed by atoms with Crippen molar-refractivity contribution in [1.82, 2.24) is 0 Å². The van der Waals surface area contributed by atoms with Gasteiger partial charge in [-0.2, -0.15) is 0 Å². The summed E-state index contributed by atoms with van der Waals surface area (Å²) in [6.07, 6.45) is 12.2. The Balaban J connectivity index is 0. The maximum Gasteiger partial charge on any atom is 0.0708 e. The summed E-state index contributed by atoms with van der Waals surface area (Å²) < 4.78 is 0. The second-order valence-corrected chi connectivity index (χ2v) is 3.29. The van der Waals surface area contributed by atoms with E-state index in [2.05, 4.69) is 20.4 Å². The molecule has 0 spiro atoms. The van der Waals surface area contributed by atoms with E-state index in [1.807, 2.05) is 0 Å². The van der Waals surface area contributed by atoms with Crippen LogP contribution in [0.1, 0.15) is 58.8 Å². The predicted octanol–water partition coefficient (Wildman–Crippen LogP) is 4.52. The molecule has 13 heavy (non-hydrogen) atoms. The molecule has 0 saturated heterocycles. The largest absolute Gasteiger partial charge is 0.104 e. The number of unbranched alkanes of at least 4 members (excludes halogenated alkanes) is 6. The lowest BCUT2D eigenvalue weighted by molar-refractivity contribution is 0.602. The van der Waals surface area contributed by atoms with E-state index in [0.717, 1.165) is 0 Å². The summed E-state index contributed by atoms with van der Waals surface area (Å²) in [5, 5.41) is 0. The van der Waals surface area contributed by atoms with Crippen LogP contribution in [0.15, 0.2) is 12.7 Å². The minimum absolute atomic E-state index is 0.583. The Morgan fingerprint density at radius 3 is 1.46 bits per heavy atom. The molecule has 2 radical (unpaired) electrons. The highest BCUT2D eigenvalue weighted by molar-refractivity contribution is 6.09.